The van der Waals surface area contributed by atoms with Crippen LogP contribution in [0.15, 0.2) is 44.8 Å². The standard InChI is InChI=1S/C14H14N4O3S/c1-18-13(19)16-17-14(18)22-8-12-15-7-11(21-12)9-5-3-4-6-10(9)20-2/h3-7H,8H2,1-2H3,(H,16,19). The fourth-order valence-electron chi connectivity index (χ4n) is 1.94. The maximum Gasteiger partial charge on any atom is 0.343 e. The van der Waals surface area contributed by atoms with E-state index < -0.39 is 0 Å². The average Bonchev–Trinajstić information content (AvgIpc) is 3.14. The molecule has 0 amide bonds. The summed E-state index contributed by atoms with van der Waals surface area (Å²) in [5, 5.41) is 6.90. The number of methoxy groups -OCH3 is 1. The molecule has 1 N–H and O–H groups in total. The lowest BCUT2D eigenvalue weighted by Crippen LogP contribution is -2.12. The summed E-state index contributed by atoms with van der Waals surface area (Å²) in [4.78, 5) is 15.5. The Kier molecular flexibility index (Phi) is 4.01. The molecule has 0 atom stereocenters. The molecule has 0 fully saturated rings. The molecule has 0 aliphatic heterocycles. The maximum atomic E-state index is 11.3. The lowest BCUT2D eigenvalue weighted by atomic mass is 10.1. The highest BCUT2D eigenvalue weighted by Crippen LogP contribution is 2.31. The van der Waals surface area contributed by atoms with Crippen LogP contribution in [-0.4, -0.2) is 26.9 Å². The van der Waals surface area contributed by atoms with Crippen molar-refractivity contribution in [2.45, 2.75) is 10.9 Å². The van der Waals surface area contributed by atoms with Crippen LogP contribution in [0.4, 0.5) is 0 Å². The van der Waals surface area contributed by atoms with Crippen molar-refractivity contribution in [3.63, 3.8) is 0 Å². The van der Waals surface area contributed by atoms with Gasteiger partial charge in [0.05, 0.1) is 24.6 Å². The Labute approximate surface area is 130 Å². The summed E-state index contributed by atoms with van der Waals surface area (Å²) >= 11 is 1.37. The summed E-state index contributed by atoms with van der Waals surface area (Å²) in [6, 6.07) is 7.58. The highest BCUT2D eigenvalue weighted by Gasteiger charge is 2.12. The number of H-pyrrole nitrogens is 1. The first-order valence-electron chi connectivity index (χ1n) is 6.51. The minimum Gasteiger partial charge on any atom is -0.496 e. The van der Waals surface area contributed by atoms with Crippen molar-refractivity contribution >= 4 is 11.8 Å². The molecule has 0 saturated carbocycles. The van der Waals surface area contributed by atoms with Crippen LogP contribution in [0.25, 0.3) is 11.3 Å². The number of rotatable bonds is 5. The fourth-order valence-corrected chi connectivity index (χ4v) is 2.71. The summed E-state index contributed by atoms with van der Waals surface area (Å²) in [5.74, 6) is 2.41. The second-order valence-electron chi connectivity index (χ2n) is 4.48. The third kappa shape index (κ3) is 2.77. The maximum absolute atomic E-state index is 11.3. The van der Waals surface area contributed by atoms with E-state index in [2.05, 4.69) is 15.2 Å². The van der Waals surface area contributed by atoms with E-state index in [1.54, 1.807) is 20.4 Å². The highest BCUT2D eigenvalue weighted by atomic mass is 32.2. The van der Waals surface area contributed by atoms with E-state index in [-0.39, 0.29) is 5.69 Å². The van der Waals surface area contributed by atoms with Crippen LogP contribution in [0.2, 0.25) is 0 Å². The Bertz CT molecular complexity index is 836. The first-order chi connectivity index (χ1) is 10.7. The lowest BCUT2D eigenvalue weighted by Gasteiger charge is -2.04. The summed E-state index contributed by atoms with van der Waals surface area (Å²) in [5.41, 5.74) is 0.602. The molecule has 22 heavy (non-hydrogen) atoms. The molecule has 8 heteroatoms. The summed E-state index contributed by atoms with van der Waals surface area (Å²) < 4.78 is 12.5. The molecule has 3 aromatic rings. The number of benzene rings is 1. The van der Waals surface area contributed by atoms with Gasteiger partial charge in [0.1, 0.15) is 5.75 Å². The van der Waals surface area contributed by atoms with Crippen molar-refractivity contribution in [3.05, 3.63) is 46.8 Å². The number of nitrogens with one attached hydrogen (secondary N) is 1. The zero-order valence-electron chi connectivity index (χ0n) is 12.1. The fraction of sp³-hybridized carbons (Fsp3) is 0.214. The summed E-state index contributed by atoms with van der Waals surface area (Å²) in [7, 11) is 3.27. The number of hydrogen-bond donors (Lipinski definition) is 1. The molecule has 0 saturated heterocycles. The van der Waals surface area contributed by atoms with Crippen molar-refractivity contribution in [2.75, 3.05) is 7.11 Å². The second kappa shape index (κ2) is 6.10. The molecule has 2 aromatic heterocycles. The molecule has 0 unspecified atom stereocenters. The van der Waals surface area contributed by atoms with Crippen molar-refractivity contribution in [1.29, 1.82) is 0 Å². The predicted octanol–water partition coefficient (Wildman–Crippen LogP) is 2.06. The van der Waals surface area contributed by atoms with E-state index in [1.807, 2.05) is 24.3 Å². The Balaban J connectivity index is 1.76. The van der Waals surface area contributed by atoms with Crippen molar-refractivity contribution in [1.82, 2.24) is 19.7 Å². The predicted molar refractivity (Wildman–Crippen MR) is 81.9 cm³/mol. The van der Waals surface area contributed by atoms with Crippen molar-refractivity contribution < 1.29 is 9.15 Å². The smallest absolute Gasteiger partial charge is 0.343 e. The van der Waals surface area contributed by atoms with Gasteiger partial charge in [0.15, 0.2) is 10.9 Å². The van der Waals surface area contributed by atoms with E-state index in [0.29, 0.717) is 22.6 Å². The molecule has 0 radical (unpaired) electrons. The van der Waals surface area contributed by atoms with Crippen LogP contribution in [0.1, 0.15) is 5.89 Å². The SMILES string of the molecule is COc1ccccc1-c1cnc(CSc2n[nH]c(=O)n2C)o1. The minimum absolute atomic E-state index is 0.246. The van der Waals surface area contributed by atoms with Gasteiger partial charge < -0.3 is 9.15 Å². The second-order valence-corrected chi connectivity index (χ2v) is 5.42. The van der Waals surface area contributed by atoms with Gasteiger partial charge in [-0.2, -0.15) is 0 Å². The molecule has 0 aliphatic carbocycles. The van der Waals surface area contributed by atoms with Crippen LogP contribution < -0.4 is 10.4 Å². The van der Waals surface area contributed by atoms with Gasteiger partial charge in [-0.15, -0.1) is 5.10 Å². The molecule has 0 spiro atoms. The molecule has 7 nitrogen and oxygen atoms in total. The van der Waals surface area contributed by atoms with Gasteiger partial charge in [-0.3, -0.25) is 4.57 Å². The van der Waals surface area contributed by atoms with Crippen LogP contribution in [-0.2, 0) is 12.8 Å². The number of aromatic amines is 1. The topological polar surface area (TPSA) is 85.9 Å². The molecular formula is C14H14N4O3S. The number of thioether (sulfide) groups is 1. The van der Waals surface area contributed by atoms with Crippen LogP contribution in [0, 0.1) is 0 Å². The van der Waals surface area contributed by atoms with Gasteiger partial charge in [-0.1, -0.05) is 23.9 Å². The molecule has 0 aliphatic rings. The van der Waals surface area contributed by atoms with Gasteiger partial charge in [-0.05, 0) is 12.1 Å². The number of hydrogen-bond acceptors (Lipinski definition) is 6. The Morgan fingerprint density at radius 2 is 2.23 bits per heavy atom. The van der Waals surface area contributed by atoms with Crippen LogP contribution in [0.5, 0.6) is 5.75 Å². The molecule has 114 valence electrons. The van der Waals surface area contributed by atoms with Crippen molar-refractivity contribution in [3.8, 4) is 17.1 Å². The molecule has 2 heterocycles. The zero-order valence-corrected chi connectivity index (χ0v) is 12.9. The van der Waals surface area contributed by atoms with E-state index in [4.69, 9.17) is 9.15 Å². The van der Waals surface area contributed by atoms with Gasteiger partial charge in [0, 0.05) is 7.05 Å². The van der Waals surface area contributed by atoms with Gasteiger partial charge in [-0.25, -0.2) is 14.9 Å². The summed E-state index contributed by atoms with van der Waals surface area (Å²) in [6.07, 6.45) is 1.66. The first kappa shape index (κ1) is 14.5. The van der Waals surface area contributed by atoms with E-state index >= 15 is 0 Å². The van der Waals surface area contributed by atoms with Gasteiger partial charge in [0.2, 0.25) is 5.89 Å². The highest BCUT2D eigenvalue weighted by molar-refractivity contribution is 7.98. The van der Waals surface area contributed by atoms with Crippen molar-refractivity contribution in [2.24, 2.45) is 7.05 Å². The third-order valence-electron chi connectivity index (χ3n) is 3.09. The molecule has 0 bridgehead atoms. The molecular weight excluding hydrogens is 304 g/mol. The Morgan fingerprint density at radius 3 is 2.95 bits per heavy atom. The van der Waals surface area contributed by atoms with E-state index in [9.17, 15) is 4.79 Å². The summed E-state index contributed by atoms with van der Waals surface area (Å²) in [6.45, 7) is 0. The largest absolute Gasteiger partial charge is 0.496 e. The minimum atomic E-state index is -0.246. The zero-order chi connectivity index (χ0) is 15.5. The first-order valence-corrected chi connectivity index (χ1v) is 7.50. The van der Waals surface area contributed by atoms with E-state index in [1.165, 1.54) is 16.3 Å². The molecule has 1 aromatic carbocycles. The number of ether oxygens (including phenoxy) is 1. The number of nitrogens with zero attached hydrogens (tertiary/aromatic N) is 3. The normalized spacial score (nSPS) is 10.8. The van der Waals surface area contributed by atoms with Gasteiger partial charge >= 0.3 is 5.69 Å². The van der Waals surface area contributed by atoms with Crippen LogP contribution in [0.3, 0.4) is 0 Å². The lowest BCUT2D eigenvalue weighted by molar-refractivity contribution is 0.414. The molecule has 3 rings (SSSR count). The number of oxazole rings is 1. The quantitative estimate of drug-likeness (QED) is 0.725. The monoisotopic (exact) mass is 318 g/mol. The van der Waals surface area contributed by atoms with Gasteiger partial charge in [0.25, 0.3) is 0 Å². The Hall–Kier alpha value is -2.48. The van der Waals surface area contributed by atoms with E-state index in [0.717, 1.165) is 11.3 Å². The van der Waals surface area contributed by atoms with Crippen LogP contribution >= 0.6 is 11.8 Å². The average molecular weight is 318 g/mol. The Morgan fingerprint density at radius 1 is 1.41 bits per heavy atom. The third-order valence-corrected chi connectivity index (χ3v) is 4.10. The number of para-hydroxylation sites is 1. The number of aromatic nitrogens is 4.